The van der Waals surface area contributed by atoms with Gasteiger partial charge >= 0.3 is 0 Å². The Morgan fingerprint density at radius 3 is 2.50 bits per heavy atom. The Morgan fingerprint density at radius 1 is 1.43 bits per heavy atom. The highest BCUT2D eigenvalue weighted by molar-refractivity contribution is 4.76. The van der Waals surface area contributed by atoms with Gasteiger partial charge < -0.3 is 10.2 Å². The average molecular weight is 202 g/mol. The zero-order valence-corrected chi connectivity index (χ0v) is 9.82. The summed E-state index contributed by atoms with van der Waals surface area (Å²) in [7, 11) is 4.03. The highest BCUT2D eigenvalue weighted by Gasteiger charge is 2.48. The van der Waals surface area contributed by atoms with Crippen LogP contribution in [0.25, 0.3) is 0 Å². The minimum atomic E-state index is -0.710. The minimum absolute atomic E-state index is 0.146. The number of likely N-dealkylation sites (N-methyl/N-ethyl adjacent to an activating group) is 1. The molecule has 1 rings (SSSR count). The maximum Gasteiger partial charge on any atom is 0.197 e. The van der Waals surface area contributed by atoms with Gasteiger partial charge in [-0.1, -0.05) is 6.92 Å². The quantitative estimate of drug-likeness (QED) is 0.622. The van der Waals surface area contributed by atoms with Crippen LogP contribution in [0.2, 0.25) is 0 Å². The van der Waals surface area contributed by atoms with E-state index in [4.69, 9.17) is 0 Å². The number of nitrogens with zero attached hydrogens (tertiary/aromatic N) is 1. The van der Waals surface area contributed by atoms with E-state index in [0.29, 0.717) is 10.4 Å². The van der Waals surface area contributed by atoms with Gasteiger partial charge in [-0.2, -0.15) is 0 Å². The molecule has 3 unspecified atom stereocenters. The van der Waals surface area contributed by atoms with E-state index in [1.807, 2.05) is 21.0 Å². The predicted molar refractivity (Wildman–Crippen MR) is 56.6 cm³/mol. The lowest BCUT2D eigenvalue weighted by Crippen LogP contribution is -2.64. The van der Waals surface area contributed by atoms with Gasteiger partial charge in [-0.25, -0.2) is 0 Å². The SMILES string of the molecule is CC1CCCC(C)(O)[N+](C)(C)C1CO. The topological polar surface area (TPSA) is 40.5 Å². The van der Waals surface area contributed by atoms with E-state index < -0.39 is 5.72 Å². The molecular weight excluding hydrogens is 178 g/mol. The molecule has 3 atom stereocenters. The van der Waals surface area contributed by atoms with Gasteiger partial charge in [-0.05, 0) is 12.8 Å². The van der Waals surface area contributed by atoms with E-state index in [0.717, 1.165) is 19.3 Å². The summed E-state index contributed by atoms with van der Waals surface area (Å²) in [6.45, 7) is 4.21. The summed E-state index contributed by atoms with van der Waals surface area (Å²) < 4.78 is 0.505. The van der Waals surface area contributed by atoms with Crippen molar-refractivity contribution in [2.24, 2.45) is 5.92 Å². The van der Waals surface area contributed by atoms with Crippen LogP contribution in [0.5, 0.6) is 0 Å². The van der Waals surface area contributed by atoms with Gasteiger partial charge in [0.1, 0.15) is 6.04 Å². The van der Waals surface area contributed by atoms with Gasteiger partial charge in [0.15, 0.2) is 5.72 Å². The summed E-state index contributed by atoms with van der Waals surface area (Å²) in [5.74, 6) is 0.476. The molecule has 0 saturated carbocycles. The number of rotatable bonds is 1. The van der Waals surface area contributed by atoms with Crippen LogP contribution in [-0.2, 0) is 0 Å². The highest BCUT2D eigenvalue weighted by Crippen LogP contribution is 2.35. The second-order valence-corrected chi connectivity index (χ2v) is 5.38. The second-order valence-electron chi connectivity index (χ2n) is 5.38. The molecule has 1 fully saturated rings. The van der Waals surface area contributed by atoms with Gasteiger partial charge in [-0.15, -0.1) is 0 Å². The molecule has 84 valence electrons. The molecule has 1 aliphatic rings. The molecule has 0 bridgehead atoms. The lowest BCUT2D eigenvalue weighted by Gasteiger charge is -2.47. The Bertz CT molecular complexity index is 201. The number of likely N-dealkylation sites (tertiary alicyclic amines) is 1. The van der Waals surface area contributed by atoms with E-state index in [1.54, 1.807) is 0 Å². The van der Waals surface area contributed by atoms with Crippen LogP contribution < -0.4 is 0 Å². The summed E-state index contributed by atoms with van der Waals surface area (Å²) in [4.78, 5) is 0. The lowest BCUT2D eigenvalue weighted by atomic mass is 9.96. The number of aliphatic hydroxyl groups excluding tert-OH is 1. The molecule has 0 spiro atoms. The van der Waals surface area contributed by atoms with Crippen molar-refractivity contribution < 1.29 is 14.7 Å². The molecule has 2 N–H and O–H groups in total. The predicted octanol–water partition coefficient (Wildman–Crippen LogP) is 0.952. The van der Waals surface area contributed by atoms with Crippen molar-refractivity contribution in [2.45, 2.75) is 44.9 Å². The lowest BCUT2D eigenvalue weighted by molar-refractivity contribution is -0.988. The molecule has 0 amide bonds. The van der Waals surface area contributed by atoms with Crippen molar-refractivity contribution >= 4 is 0 Å². The maximum atomic E-state index is 10.4. The molecule has 3 nitrogen and oxygen atoms in total. The molecule has 0 aromatic rings. The first-order valence-electron chi connectivity index (χ1n) is 5.50. The van der Waals surface area contributed by atoms with Crippen molar-refractivity contribution in [3.8, 4) is 0 Å². The van der Waals surface area contributed by atoms with Crippen molar-refractivity contribution in [3.63, 3.8) is 0 Å². The Hall–Kier alpha value is -0.120. The number of hydrogen-bond acceptors (Lipinski definition) is 2. The van der Waals surface area contributed by atoms with Crippen LogP contribution in [-0.4, -0.2) is 47.2 Å². The van der Waals surface area contributed by atoms with Crippen LogP contribution in [0, 0.1) is 5.92 Å². The van der Waals surface area contributed by atoms with Crippen molar-refractivity contribution in [1.29, 1.82) is 0 Å². The average Bonchev–Trinajstić information content (AvgIpc) is 2.09. The van der Waals surface area contributed by atoms with Crippen LogP contribution in [0.3, 0.4) is 0 Å². The summed E-state index contributed by atoms with van der Waals surface area (Å²) in [5, 5.41) is 19.8. The highest BCUT2D eigenvalue weighted by atomic mass is 16.3. The van der Waals surface area contributed by atoms with Crippen LogP contribution in [0.1, 0.15) is 33.1 Å². The maximum absolute atomic E-state index is 10.4. The third-order valence-corrected chi connectivity index (χ3v) is 4.22. The molecule has 1 aliphatic heterocycles. The Balaban J connectivity index is 2.98. The second kappa shape index (κ2) is 3.80. The standard InChI is InChI=1S/C11H24NO2/c1-9-6-5-7-11(2,14)12(3,4)10(9)8-13/h9-10,13-14H,5-8H2,1-4H3/q+1. The zero-order chi connectivity index (χ0) is 11.0. The van der Waals surface area contributed by atoms with E-state index in [9.17, 15) is 10.2 Å². The Morgan fingerprint density at radius 2 is 2.00 bits per heavy atom. The molecule has 0 radical (unpaired) electrons. The molecule has 14 heavy (non-hydrogen) atoms. The zero-order valence-electron chi connectivity index (χ0n) is 9.82. The Labute approximate surface area is 86.9 Å². The van der Waals surface area contributed by atoms with E-state index in [2.05, 4.69) is 6.92 Å². The van der Waals surface area contributed by atoms with Crippen molar-refractivity contribution in [2.75, 3.05) is 20.7 Å². The fourth-order valence-electron chi connectivity index (χ4n) is 2.62. The van der Waals surface area contributed by atoms with Crippen LogP contribution in [0.15, 0.2) is 0 Å². The van der Waals surface area contributed by atoms with E-state index in [-0.39, 0.29) is 12.6 Å². The van der Waals surface area contributed by atoms with Crippen LogP contribution >= 0.6 is 0 Å². The summed E-state index contributed by atoms with van der Waals surface area (Å²) in [6, 6.07) is 0.146. The molecule has 1 saturated heterocycles. The Kier molecular flexibility index (Phi) is 3.24. The molecule has 3 heteroatoms. The monoisotopic (exact) mass is 202 g/mol. The van der Waals surface area contributed by atoms with Crippen LogP contribution in [0.4, 0.5) is 0 Å². The summed E-state index contributed by atoms with van der Waals surface area (Å²) >= 11 is 0. The summed E-state index contributed by atoms with van der Waals surface area (Å²) in [6.07, 6.45) is 2.97. The number of aliphatic hydroxyl groups is 2. The van der Waals surface area contributed by atoms with Gasteiger partial charge in [0.2, 0.25) is 0 Å². The third-order valence-electron chi connectivity index (χ3n) is 4.22. The fraction of sp³-hybridized carbons (Fsp3) is 1.00. The molecular formula is C11H24NO2+. The third kappa shape index (κ3) is 1.81. The van der Waals surface area contributed by atoms with Crippen molar-refractivity contribution in [3.05, 3.63) is 0 Å². The smallest absolute Gasteiger partial charge is 0.197 e. The minimum Gasteiger partial charge on any atom is -0.390 e. The van der Waals surface area contributed by atoms with E-state index >= 15 is 0 Å². The number of quaternary nitrogens is 1. The fourth-order valence-corrected chi connectivity index (χ4v) is 2.62. The molecule has 0 aliphatic carbocycles. The van der Waals surface area contributed by atoms with Crippen molar-refractivity contribution in [1.82, 2.24) is 0 Å². The molecule has 0 aromatic carbocycles. The van der Waals surface area contributed by atoms with Gasteiger partial charge in [0.05, 0.1) is 20.7 Å². The normalized spacial score (nSPS) is 43.3. The number of hydrogen-bond donors (Lipinski definition) is 2. The first-order chi connectivity index (χ1) is 6.33. The first-order valence-corrected chi connectivity index (χ1v) is 5.50. The summed E-state index contributed by atoms with van der Waals surface area (Å²) in [5.41, 5.74) is -0.710. The molecule has 1 heterocycles. The van der Waals surface area contributed by atoms with Gasteiger partial charge in [0.25, 0.3) is 0 Å². The first kappa shape index (κ1) is 12.0. The van der Waals surface area contributed by atoms with Gasteiger partial charge in [0, 0.05) is 19.3 Å². The van der Waals surface area contributed by atoms with E-state index in [1.165, 1.54) is 0 Å². The largest absolute Gasteiger partial charge is 0.390 e. The van der Waals surface area contributed by atoms with Gasteiger partial charge in [-0.3, -0.25) is 4.48 Å². The molecule has 0 aromatic heterocycles.